The molecule has 0 unspecified atom stereocenters. The van der Waals surface area contributed by atoms with Crippen LogP contribution in [0.2, 0.25) is 0 Å². The second-order valence-electron chi connectivity index (χ2n) is 6.53. The lowest BCUT2D eigenvalue weighted by atomic mass is 9.66. The molecule has 1 saturated carbocycles. The number of hydrogen-bond donors (Lipinski definition) is 1. The van der Waals surface area contributed by atoms with Crippen molar-refractivity contribution in [1.82, 2.24) is 0 Å². The molecule has 3 rings (SSSR count). The number of benzene rings is 1. The van der Waals surface area contributed by atoms with E-state index >= 15 is 0 Å². The van der Waals surface area contributed by atoms with E-state index in [0.717, 1.165) is 12.3 Å². The van der Waals surface area contributed by atoms with Gasteiger partial charge < -0.3 is 10.5 Å². The van der Waals surface area contributed by atoms with Crippen LogP contribution in [0.15, 0.2) is 12.1 Å². The molecule has 0 saturated heterocycles. The topological polar surface area (TPSA) is 35.2 Å². The van der Waals surface area contributed by atoms with Crippen LogP contribution in [-0.4, -0.2) is 13.7 Å². The first-order chi connectivity index (χ1) is 9.80. The molecule has 1 aromatic rings. The summed E-state index contributed by atoms with van der Waals surface area (Å²) >= 11 is 0. The summed E-state index contributed by atoms with van der Waals surface area (Å²) < 4.78 is 5.74. The smallest absolute Gasteiger partial charge is 0.122 e. The van der Waals surface area contributed by atoms with Crippen LogP contribution in [0, 0.1) is 0 Å². The highest BCUT2D eigenvalue weighted by atomic mass is 16.5. The van der Waals surface area contributed by atoms with E-state index in [9.17, 15) is 0 Å². The van der Waals surface area contributed by atoms with Crippen LogP contribution in [0.3, 0.4) is 0 Å². The first kappa shape index (κ1) is 13.9. The van der Waals surface area contributed by atoms with E-state index < -0.39 is 0 Å². The van der Waals surface area contributed by atoms with Crippen molar-refractivity contribution in [2.75, 3.05) is 13.7 Å². The molecule has 0 atom stereocenters. The van der Waals surface area contributed by atoms with Gasteiger partial charge in [-0.3, -0.25) is 0 Å². The first-order valence-electron chi connectivity index (χ1n) is 8.20. The Kier molecular flexibility index (Phi) is 4.02. The van der Waals surface area contributed by atoms with E-state index in [-0.39, 0.29) is 5.41 Å². The largest absolute Gasteiger partial charge is 0.496 e. The molecule has 2 aliphatic rings. The lowest BCUT2D eigenvalue weighted by Crippen LogP contribution is -2.39. The molecule has 110 valence electrons. The van der Waals surface area contributed by atoms with Gasteiger partial charge in [-0.1, -0.05) is 25.3 Å². The van der Waals surface area contributed by atoms with Crippen molar-refractivity contribution >= 4 is 0 Å². The second kappa shape index (κ2) is 5.77. The van der Waals surface area contributed by atoms with E-state index in [1.165, 1.54) is 63.4 Å². The third kappa shape index (κ3) is 2.24. The highest BCUT2D eigenvalue weighted by Crippen LogP contribution is 2.46. The quantitative estimate of drug-likeness (QED) is 0.910. The average molecular weight is 273 g/mol. The molecule has 0 heterocycles. The minimum atomic E-state index is 0.173. The van der Waals surface area contributed by atoms with Gasteiger partial charge in [0.15, 0.2) is 0 Å². The van der Waals surface area contributed by atoms with E-state index in [0.29, 0.717) is 0 Å². The summed E-state index contributed by atoms with van der Waals surface area (Å²) in [4.78, 5) is 0. The van der Waals surface area contributed by atoms with E-state index in [4.69, 9.17) is 10.5 Å². The van der Waals surface area contributed by atoms with Crippen LogP contribution in [0.5, 0.6) is 5.75 Å². The maximum atomic E-state index is 6.27. The van der Waals surface area contributed by atoms with Crippen LogP contribution in [0.1, 0.15) is 61.6 Å². The van der Waals surface area contributed by atoms with Gasteiger partial charge in [-0.15, -0.1) is 0 Å². The molecule has 0 aromatic heterocycles. The van der Waals surface area contributed by atoms with E-state index in [2.05, 4.69) is 12.1 Å². The lowest BCUT2D eigenvalue weighted by molar-refractivity contribution is 0.285. The molecule has 2 aliphatic carbocycles. The summed E-state index contributed by atoms with van der Waals surface area (Å²) in [7, 11) is 1.81. The minimum Gasteiger partial charge on any atom is -0.496 e. The molecular formula is C18H27NO. The fourth-order valence-electron chi connectivity index (χ4n) is 4.34. The maximum absolute atomic E-state index is 6.27. The van der Waals surface area contributed by atoms with Crippen LogP contribution >= 0.6 is 0 Å². The summed E-state index contributed by atoms with van der Waals surface area (Å²) in [5.41, 5.74) is 11.0. The third-order valence-corrected chi connectivity index (χ3v) is 5.45. The molecule has 0 amide bonds. The molecule has 2 heteroatoms. The van der Waals surface area contributed by atoms with Crippen molar-refractivity contribution in [2.45, 2.75) is 63.2 Å². The molecule has 20 heavy (non-hydrogen) atoms. The Morgan fingerprint density at radius 3 is 2.50 bits per heavy atom. The van der Waals surface area contributed by atoms with Gasteiger partial charge in [0, 0.05) is 17.5 Å². The molecular weight excluding hydrogens is 246 g/mol. The van der Waals surface area contributed by atoms with Gasteiger partial charge in [0.1, 0.15) is 5.75 Å². The predicted octanol–water partition coefficient (Wildman–Crippen LogP) is 3.73. The van der Waals surface area contributed by atoms with Crippen molar-refractivity contribution in [2.24, 2.45) is 5.73 Å². The standard InChI is InChI=1S/C18H27NO/c1-20-16-10-9-14-7-3-4-8-15(14)17(16)18(13-19)11-5-2-6-12-18/h9-10H,2-8,11-13,19H2,1H3. The fraction of sp³-hybridized carbons (Fsp3) is 0.667. The fourth-order valence-corrected chi connectivity index (χ4v) is 4.34. The van der Waals surface area contributed by atoms with Crippen molar-refractivity contribution in [1.29, 1.82) is 0 Å². The first-order valence-corrected chi connectivity index (χ1v) is 8.20. The Morgan fingerprint density at radius 1 is 1.05 bits per heavy atom. The van der Waals surface area contributed by atoms with E-state index in [1.807, 2.05) is 0 Å². The summed E-state index contributed by atoms with van der Waals surface area (Å²) in [5, 5.41) is 0. The summed E-state index contributed by atoms with van der Waals surface area (Å²) in [6, 6.07) is 4.47. The molecule has 2 N–H and O–H groups in total. The Labute approximate surface area is 122 Å². The summed E-state index contributed by atoms with van der Waals surface area (Å²) in [5.74, 6) is 1.08. The average Bonchev–Trinajstić information content (AvgIpc) is 2.54. The van der Waals surface area contributed by atoms with Crippen molar-refractivity contribution in [3.63, 3.8) is 0 Å². The van der Waals surface area contributed by atoms with Gasteiger partial charge in [-0.05, 0) is 55.7 Å². The maximum Gasteiger partial charge on any atom is 0.122 e. The molecule has 0 bridgehead atoms. The molecule has 1 fully saturated rings. The third-order valence-electron chi connectivity index (χ3n) is 5.45. The van der Waals surface area contributed by atoms with Gasteiger partial charge in [0.2, 0.25) is 0 Å². The van der Waals surface area contributed by atoms with Gasteiger partial charge in [-0.25, -0.2) is 0 Å². The molecule has 0 spiro atoms. The monoisotopic (exact) mass is 273 g/mol. The molecule has 0 aliphatic heterocycles. The second-order valence-corrected chi connectivity index (χ2v) is 6.53. The Hall–Kier alpha value is -1.02. The van der Waals surface area contributed by atoms with Crippen molar-refractivity contribution < 1.29 is 4.74 Å². The molecule has 0 radical (unpaired) electrons. The van der Waals surface area contributed by atoms with Crippen LogP contribution in [0.4, 0.5) is 0 Å². The molecule has 2 nitrogen and oxygen atoms in total. The van der Waals surface area contributed by atoms with Crippen LogP contribution < -0.4 is 10.5 Å². The zero-order chi connectivity index (χ0) is 14.0. The lowest BCUT2D eigenvalue weighted by Gasteiger charge is -2.40. The van der Waals surface area contributed by atoms with Gasteiger partial charge in [0.05, 0.1) is 7.11 Å². The van der Waals surface area contributed by atoms with Crippen molar-refractivity contribution in [3.05, 3.63) is 28.8 Å². The van der Waals surface area contributed by atoms with Gasteiger partial charge >= 0.3 is 0 Å². The zero-order valence-electron chi connectivity index (χ0n) is 12.7. The Morgan fingerprint density at radius 2 is 1.80 bits per heavy atom. The zero-order valence-corrected chi connectivity index (χ0v) is 12.7. The highest BCUT2D eigenvalue weighted by molar-refractivity contribution is 5.51. The minimum absolute atomic E-state index is 0.173. The molecule has 1 aromatic carbocycles. The number of methoxy groups -OCH3 is 1. The number of aryl methyl sites for hydroxylation is 1. The summed E-state index contributed by atoms with van der Waals surface area (Å²) in [6.07, 6.45) is 11.5. The Balaban J connectivity index is 2.14. The SMILES string of the molecule is COc1ccc2c(c1C1(CN)CCCCC1)CCCC2. The summed E-state index contributed by atoms with van der Waals surface area (Å²) in [6.45, 7) is 0.764. The number of fused-ring (bicyclic) bond motifs is 1. The van der Waals surface area contributed by atoms with Crippen LogP contribution in [-0.2, 0) is 18.3 Å². The van der Waals surface area contributed by atoms with Crippen molar-refractivity contribution in [3.8, 4) is 5.75 Å². The van der Waals surface area contributed by atoms with Crippen LogP contribution in [0.25, 0.3) is 0 Å². The Bertz CT molecular complexity index is 475. The highest BCUT2D eigenvalue weighted by Gasteiger charge is 2.37. The van der Waals surface area contributed by atoms with E-state index in [1.54, 1.807) is 18.2 Å². The van der Waals surface area contributed by atoms with Gasteiger partial charge in [0.25, 0.3) is 0 Å². The normalized spacial score (nSPS) is 21.3. The number of rotatable bonds is 3. The van der Waals surface area contributed by atoms with Gasteiger partial charge in [-0.2, -0.15) is 0 Å². The number of ether oxygens (including phenoxy) is 1. The number of nitrogens with two attached hydrogens (primary N) is 1. The number of hydrogen-bond acceptors (Lipinski definition) is 2. The predicted molar refractivity (Wildman–Crippen MR) is 83.5 cm³/mol.